The average molecular weight is 374 g/mol. The first-order chi connectivity index (χ1) is 13.3. The van der Waals surface area contributed by atoms with Crippen molar-refractivity contribution in [3.63, 3.8) is 0 Å². The van der Waals surface area contributed by atoms with Crippen LogP contribution in [0.5, 0.6) is 0 Å². The normalized spacial score (nSPS) is 21.6. The monoisotopic (exact) mass is 374 g/mol. The Morgan fingerprint density at radius 1 is 1.29 bits per heavy atom. The summed E-state index contributed by atoms with van der Waals surface area (Å²) in [5.41, 5.74) is 10.0. The summed E-state index contributed by atoms with van der Waals surface area (Å²) in [5.74, 6) is 0.268. The quantitative estimate of drug-likeness (QED) is 0.835. The second kappa shape index (κ2) is 6.34. The first-order valence-corrected chi connectivity index (χ1v) is 9.20. The molecule has 0 saturated heterocycles. The van der Waals surface area contributed by atoms with Crippen LogP contribution < -0.4 is 10.6 Å². The van der Waals surface area contributed by atoms with Gasteiger partial charge in [0, 0.05) is 17.7 Å². The van der Waals surface area contributed by atoms with Gasteiger partial charge in [-0.3, -0.25) is 9.69 Å². The van der Waals surface area contributed by atoms with Gasteiger partial charge in [0.1, 0.15) is 12.1 Å². The summed E-state index contributed by atoms with van der Waals surface area (Å²) >= 11 is 0. The first-order valence-electron chi connectivity index (χ1n) is 9.20. The zero-order valence-corrected chi connectivity index (χ0v) is 16.2. The van der Waals surface area contributed by atoms with Crippen LogP contribution in [0.3, 0.4) is 0 Å². The highest BCUT2D eigenvalue weighted by Gasteiger charge is 2.45. The number of benzene rings is 1. The minimum absolute atomic E-state index is 0.0431. The number of aromatic amines is 1. The summed E-state index contributed by atoms with van der Waals surface area (Å²) in [6.07, 6.45) is 2.46. The number of allylic oxidation sites excluding steroid dienone is 3. The molecule has 1 aromatic heterocycles. The molecule has 0 fully saturated rings. The lowest BCUT2D eigenvalue weighted by atomic mass is 9.68. The van der Waals surface area contributed by atoms with E-state index in [1.54, 1.807) is 4.90 Å². The second-order valence-electron chi connectivity index (χ2n) is 8.20. The van der Waals surface area contributed by atoms with Gasteiger partial charge in [-0.2, -0.15) is 15.3 Å². The van der Waals surface area contributed by atoms with Crippen LogP contribution in [0.2, 0.25) is 0 Å². The van der Waals surface area contributed by atoms with Gasteiger partial charge in [-0.1, -0.05) is 43.7 Å². The largest absolute Gasteiger partial charge is 0.384 e. The molecular weight excluding hydrogens is 352 g/mol. The number of hydrogen-bond acceptors (Lipinski definition) is 6. The number of rotatable bonds is 2. The van der Waals surface area contributed by atoms with Crippen molar-refractivity contribution in [2.75, 3.05) is 4.90 Å². The summed E-state index contributed by atoms with van der Waals surface area (Å²) in [5, 5.41) is 16.7. The van der Waals surface area contributed by atoms with Crippen molar-refractivity contribution in [1.82, 2.24) is 15.2 Å². The van der Waals surface area contributed by atoms with Crippen LogP contribution >= 0.6 is 0 Å². The fourth-order valence-electron chi connectivity index (χ4n) is 4.15. The molecule has 0 bridgehead atoms. The lowest BCUT2D eigenvalue weighted by molar-refractivity contribution is -0.118. The SMILES string of the molecule is Cc1ccc([C@H]2C(C#N)=C(N)N(c3ncn[nH]3)C3=C2C(=O)CC(C)(C)C3)cc1. The van der Waals surface area contributed by atoms with Gasteiger partial charge < -0.3 is 5.73 Å². The molecule has 0 amide bonds. The number of nitrogens with zero attached hydrogens (tertiary/aromatic N) is 4. The molecule has 1 aliphatic heterocycles. The van der Waals surface area contributed by atoms with E-state index in [2.05, 4.69) is 35.1 Å². The number of aryl methyl sites for hydroxylation is 1. The molecule has 2 heterocycles. The zero-order valence-electron chi connectivity index (χ0n) is 16.2. The van der Waals surface area contributed by atoms with Gasteiger partial charge in [0.25, 0.3) is 0 Å². The van der Waals surface area contributed by atoms with Gasteiger partial charge in [0.15, 0.2) is 5.78 Å². The Hall–Kier alpha value is -3.40. The Labute approximate surface area is 163 Å². The maximum absolute atomic E-state index is 13.3. The third kappa shape index (κ3) is 2.78. The lowest BCUT2D eigenvalue weighted by Crippen LogP contribution is -2.42. The van der Waals surface area contributed by atoms with E-state index in [-0.39, 0.29) is 17.0 Å². The maximum atomic E-state index is 13.3. The number of aromatic nitrogens is 3. The Balaban J connectivity index is 1.99. The van der Waals surface area contributed by atoms with Crippen molar-refractivity contribution >= 4 is 11.7 Å². The van der Waals surface area contributed by atoms with Crippen LogP contribution in [-0.4, -0.2) is 21.0 Å². The third-order valence-electron chi connectivity index (χ3n) is 5.41. The van der Waals surface area contributed by atoms with Crippen molar-refractivity contribution in [3.05, 3.63) is 64.4 Å². The van der Waals surface area contributed by atoms with Crippen LogP contribution in [0.15, 0.2) is 53.3 Å². The summed E-state index contributed by atoms with van der Waals surface area (Å²) < 4.78 is 0. The molecule has 0 spiro atoms. The number of nitrogens with one attached hydrogen (secondary N) is 1. The number of Topliss-reactive ketones (excluding diaryl/α,β-unsaturated/α-hetero) is 1. The molecule has 2 aromatic rings. The number of carbonyl (C=O) groups excluding carboxylic acids is 1. The van der Waals surface area contributed by atoms with Crippen molar-refractivity contribution < 1.29 is 4.79 Å². The standard InChI is InChI=1S/C21H22N6O/c1-12-4-6-13(7-5-12)17-14(10-22)19(23)27(20-24-11-25-26-20)15-8-21(2,3)9-16(28)18(15)17/h4-7,11,17H,8-9,23H2,1-3H3,(H,24,25,26)/t17-/m0/s1. The van der Waals surface area contributed by atoms with Crippen molar-refractivity contribution in [2.45, 2.75) is 39.5 Å². The smallest absolute Gasteiger partial charge is 0.231 e. The Morgan fingerprint density at radius 3 is 2.61 bits per heavy atom. The Kier molecular flexibility index (Phi) is 4.07. The molecule has 142 valence electrons. The molecule has 1 aromatic carbocycles. The molecule has 3 N–H and O–H groups in total. The van der Waals surface area contributed by atoms with Gasteiger partial charge in [0.2, 0.25) is 5.95 Å². The fraction of sp³-hybridized carbons (Fsp3) is 0.333. The summed E-state index contributed by atoms with van der Waals surface area (Å²) in [6, 6.07) is 10.2. The van der Waals surface area contributed by atoms with E-state index < -0.39 is 5.92 Å². The number of hydrogen-bond donors (Lipinski definition) is 2. The Bertz CT molecular complexity index is 1040. The molecule has 28 heavy (non-hydrogen) atoms. The van der Waals surface area contributed by atoms with Crippen LogP contribution in [0, 0.1) is 23.7 Å². The molecule has 1 atom stereocenters. The minimum Gasteiger partial charge on any atom is -0.384 e. The van der Waals surface area contributed by atoms with E-state index in [1.807, 2.05) is 31.2 Å². The summed E-state index contributed by atoms with van der Waals surface area (Å²) in [6.45, 7) is 6.13. The predicted octanol–water partition coefficient (Wildman–Crippen LogP) is 3.05. The second-order valence-corrected chi connectivity index (χ2v) is 8.20. The third-order valence-corrected chi connectivity index (χ3v) is 5.41. The molecular formula is C21H22N6O. The van der Waals surface area contributed by atoms with Gasteiger partial charge in [-0.05, 0) is 24.3 Å². The molecule has 7 heteroatoms. The van der Waals surface area contributed by atoms with E-state index >= 15 is 0 Å². The number of carbonyl (C=O) groups is 1. The highest BCUT2D eigenvalue weighted by molar-refractivity contribution is 6.01. The molecule has 2 aliphatic rings. The predicted molar refractivity (Wildman–Crippen MR) is 105 cm³/mol. The topological polar surface area (TPSA) is 112 Å². The number of ketones is 1. The van der Waals surface area contributed by atoms with Crippen molar-refractivity contribution in [2.24, 2.45) is 11.1 Å². The van der Waals surface area contributed by atoms with E-state index in [4.69, 9.17) is 5.73 Å². The van der Waals surface area contributed by atoms with E-state index in [0.717, 1.165) is 16.8 Å². The number of nitrogens with two attached hydrogens (primary N) is 1. The average Bonchev–Trinajstić information content (AvgIpc) is 3.14. The van der Waals surface area contributed by atoms with Gasteiger partial charge in [-0.15, -0.1) is 0 Å². The zero-order chi connectivity index (χ0) is 20.1. The summed E-state index contributed by atoms with van der Waals surface area (Å²) in [4.78, 5) is 19.2. The molecule has 0 unspecified atom stereocenters. The van der Waals surface area contributed by atoms with E-state index in [1.165, 1.54) is 6.33 Å². The van der Waals surface area contributed by atoms with Crippen molar-refractivity contribution in [1.29, 1.82) is 5.26 Å². The van der Waals surface area contributed by atoms with Crippen LogP contribution in [0.25, 0.3) is 0 Å². The van der Waals surface area contributed by atoms with Gasteiger partial charge >= 0.3 is 0 Å². The highest BCUT2D eigenvalue weighted by Crippen LogP contribution is 2.49. The van der Waals surface area contributed by atoms with E-state index in [0.29, 0.717) is 29.9 Å². The highest BCUT2D eigenvalue weighted by atomic mass is 16.1. The molecule has 4 rings (SSSR count). The van der Waals surface area contributed by atoms with Gasteiger partial charge in [-0.25, -0.2) is 5.10 Å². The molecule has 1 aliphatic carbocycles. The Morgan fingerprint density at radius 2 is 2.00 bits per heavy atom. The number of nitriles is 1. The number of anilines is 1. The molecule has 7 nitrogen and oxygen atoms in total. The summed E-state index contributed by atoms with van der Waals surface area (Å²) in [7, 11) is 0. The minimum atomic E-state index is -0.469. The van der Waals surface area contributed by atoms with Crippen LogP contribution in [0.1, 0.15) is 43.7 Å². The molecule has 0 radical (unpaired) electrons. The number of H-pyrrole nitrogens is 1. The lowest BCUT2D eigenvalue weighted by Gasteiger charge is -2.42. The fourth-order valence-corrected chi connectivity index (χ4v) is 4.15. The van der Waals surface area contributed by atoms with Crippen molar-refractivity contribution in [3.8, 4) is 6.07 Å². The maximum Gasteiger partial charge on any atom is 0.231 e. The first kappa shape index (κ1) is 18.0. The van der Waals surface area contributed by atoms with Gasteiger partial charge in [0.05, 0.1) is 17.6 Å². The van der Waals surface area contributed by atoms with Crippen LogP contribution in [-0.2, 0) is 4.79 Å². The molecule has 0 saturated carbocycles. The van der Waals surface area contributed by atoms with Crippen LogP contribution in [0.4, 0.5) is 5.95 Å². The van der Waals surface area contributed by atoms with E-state index in [9.17, 15) is 10.1 Å².